The number of nitrogens with one attached hydrogen (secondary N) is 1. The van der Waals surface area contributed by atoms with Crippen LogP contribution in [0, 0.1) is 0 Å². The second-order valence-corrected chi connectivity index (χ2v) is 6.62. The summed E-state index contributed by atoms with van der Waals surface area (Å²) in [6.07, 6.45) is 0.806. The third kappa shape index (κ3) is 3.52. The number of hydrogen-bond donors (Lipinski definition) is 1. The molecule has 6 nitrogen and oxygen atoms in total. The molecular formula is C19H18N4O2S. The van der Waals surface area contributed by atoms with Gasteiger partial charge in [-0.25, -0.2) is 0 Å². The summed E-state index contributed by atoms with van der Waals surface area (Å²) in [6, 6.07) is 17.5. The van der Waals surface area contributed by atoms with Crippen molar-refractivity contribution in [3.05, 3.63) is 54.6 Å². The first-order chi connectivity index (χ1) is 12.8. The third-order valence-electron chi connectivity index (χ3n) is 4.10. The van der Waals surface area contributed by atoms with Crippen LogP contribution in [0.25, 0.3) is 11.4 Å². The molecule has 0 bridgehead atoms. The maximum Gasteiger partial charge on any atom is 0.265 e. The predicted octanol–water partition coefficient (Wildman–Crippen LogP) is 3.43. The molecule has 132 valence electrons. The molecule has 0 saturated carbocycles. The van der Waals surface area contributed by atoms with E-state index < -0.39 is 0 Å². The number of carbonyl (C=O) groups is 1. The minimum Gasteiger partial charge on any atom is -0.482 e. The lowest BCUT2D eigenvalue weighted by atomic mass is 10.2. The summed E-state index contributed by atoms with van der Waals surface area (Å²) in [5, 5.41) is 4.08. The van der Waals surface area contributed by atoms with E-state index in [2.05, 4.69) is 14.7 Å². The third-order valence-corrected chi connectivity index (χ3v) is 4.77. The first kappa shape index (κ1) is 16.5. The number of fused-ring (bicyclic) bond motifs is 1. The van der Waals surface area contributed by atoms with E-state index >= 15 is 0 Å². The zero-order valence-corrected chi connectivity index (χ0v) is 14.9. The normalized spacial score (nSPS) is 13.2. The summed E-state index contributed by atoms with van der Waals surface area (Å²) in [4.78, 5) is 18.4. The number of para-hydroxylation sites is 2. The van der Waals surface area contributed by atoms with Crippen LogP contribution in [-0.2, 0) is 4.79 Å². The van der Waals surface area contributed by atoms with E-state index in [0.29, 0.717) is 6.54 Å². The average molecular weight is 366 g/mol. The van der Waals surface area contributed by atoms with E-state index in [-0.39, 0.29) is 12.5 Å². The van der Waals surface area contributed by atoms with E-state index in [9.17, 15) is 4.79 Å². The van der Waals surface area contributed by atoms with Crippen LogP contribution in [0.15, 0.2) is 54.6 Å². The molecule has 0 aliphatic carbocycles. The standard InChI is InChI=1S/C19H18N4O2S/c24-17-13-25-16-10-5-4-9-15(16)23(17)12-6-11-20-19-21-18(22-26-19)14-7-2-1-3-8-14/h1-5,7-10H,6,11-13H2,(H,20,21,22). The minimum atomic E-state index is -0.00835. The fourth-order valence-corrected chi connectivity index (χ4v) is 3.44. The molecule has 0 spiro atoms. The number of anilines is 2. The molecule has 0 atom stereocenters. The highest BCUT2D eigenvalue weighted by molar-refractivity contribution is 7.09. The van der Waals surface area contributed by atoms with E-state index in [1.54, 1.807) is 4.90 Å². The SMILES string of the molecule is O=C1COc2ccccc2N1CCCNc1nc(-c2ccccc2)ns1. The lowest BCUT2D eigenvalue weighted by Crippen LogP contribution is -2.39. The average Bonchev–Trinajstić information content (AvgIpc) is 3.16. The monoisotopic (exact) mass is 366 g/mol. The van der Waals surface area contributed by atoms with Gasteiger partial charge < -0.3 is 15.0 Å². The van der Waals surface area contributed by atoms with Crippen molar-refractivity contribution in [3.63, 3.8) is 0 Å². The summed E-state index contributed by atoms with van der Waals surface area (Å²) >= 11 is 1.35. The van der Waals surface area contributed by atoms with Gasteiger partial charge in [-0.1, -0.05) is 42.5 Å². The number of ether oxygens (including phenoxy) is 1. The number of benzene rings is 2. The van der Waals surface area contributed by atoms with Crippen LogP contribution < -0.4 is 15.0 Å². The number of nitrogens with zero attached hydrogens (tertiary/aromatic N) is 3. The van der Waals surface area contributed by atoms with Gasteiger partial charge >= 0.3 is 0 Å². The van der Waals surface area contributed by atoms with Crippen LogP contribution >= 0.6 is 11.5 Å². The molecular weight excluding hydrogens is 348 g/mol. The Hall–Kier alpha value is -2.93. The van der Waals surface area contributed by atoms with Gasteiger partial charge in [0.1, 0.15) is 5.75 Å². The maximum atomic E-state index is 12.1. The quantitative estimate of drug-likeness (QED) is 0.677. The van der Waals surface area contributed by atoms with Gasteiger partial charge in [0.25, 0.3) is 5.91 Å². The summed E-state index contributed by atoms with van der Waals surface area (Å²) in [7, 11) is 0. The fourth-order valence-electron chi connectivity index (χ4n) is 2.83. The Bertz CT molecular complexity index is 897. The van der Waals surface area contributed by atoms with Crippen LogP contribution in [0.2, 0.25) is 0 Å². The van der Waals surface area contributed by atoms with E-state index in [0.717, 1.165) is 40.9 Å². The lowest BCUT2D eigenvalue weighted by Gasteiger charge is -2.29. The van der Waals surface area contributed by atoms with Crippen LogP contribution in [0.5, 0.6) is 5.75 Å². The number of rotatable bonds is 6. The van der Waals surface area contributed by atoms with Crippen molar-refractivity contribution in [2.75, 3.05) is 29.9 Å². The van der Waals surface area contributed by atoms with Crippen LogP contribution in [0.3, 0.4) is 0 Å². The fraction of sp³-hybridized carbons (Fsp3) is 0.211. The number of amides is 1. The Labute approximate surface area is 155 Å². The number of hydrogen-bond acceptors (Lipinski definition) is 6. The van der Waals surface area contributed by atoms with E-state index in [1.165, 1.54) is 11.5 Å². The Kier molecular flexibility index (Phi) is 4.79. The zero-order chi connectivity index (χ0) is 17.8. The number of aromatic nitrogens is 2. The van der Waals surface area contributed by atoms with Crippen LogP contribution in [0.4, 0.5) is 10.8 Å². The van der Waals surface area contributed by atoms with Gasteiger partial charge in [0.2, 0.25) is 5.13 Å². The molecule has 1 N–H and O–H groups in total. The Balaban J connectivity index is 1.32. The molecule has 3 aromatic rings. The van der Waals surface area contributed by atoms with E-state index in [4.69, 9.17) is 4.74 Å². The summed E-state index contributed by atoms with van der Waals surface area (Å²) in [5.74, 6) is 1.48. The number of carbonyl (C=O) groups excluding carboxylic acids is 1. The molecule has 1 aliphatic heterocycles. The molecule has 1 aliphatic rings. The summed E-state index contributed by atoms with van der Waals surface area (Å²) in [5.41, 5.74) is 1.85. The smallest absolute Gasteiger partial charge is 0.265 e. The van der Waals surface area contributed by atoms with Gasteiger partial charge in [-0.15, -0.1) is 0 Å². The van der Waals surface area contributed by atoms with E-state index in [1.807, 2.05) is 54.6 Å². The van der Waals surface area contributed by atoms with Crippen molar-refractivity contribution in [2.45, 2.75) is 6.42 Å². The highest BCUT2D eigenvalue weighted by Crippen LogP contribution is 2.31. The molecule has 1 aromatic heterocycles. The van der Waals surface area contributed by atoms with Crippen LogP contribution in [0.1, 0.15) is 6.42 Å². The van der Waals surface area contributed by atoms with Crippen molar-refractivity contribution in [1.29, 1.82) is 0 Å². The van der Waals surface area contributed by atoms with Crippen molar-refractivity contribution < 1.29 is 9.53 Å². The Morgan fingerprint density at radius 3 is 2.81 bits per heavy atom. The Morgan fingerprint density at radius 1 is 1.12 bits per heavy atom. The lowest BCUT2D eigenvalue weighted by molar-refractivity contribution is -0.121. The first-order valence-corrected chi connectivity index (χ1v) is 9.24. The predicted molar refractivity (Wildman–Crippen MR) is 103 cm³/mol. The van der Waals surface area contributed by atoms with Crippen molar-refractivity contribution in [1.82, 2.24) is 9.36 Å². The summed E-state index contributed by atoms with van der Waals surface area (Å²) in [6.45, 7) is 1.45. The van der Waals surface area contributed by atoms with Crippen molar-refractivity contribution in [2.24, 2.45) is 0 Å². The minimum absolute atomic E-state index is 0.00835. The van der Waals surface area contributed by atoms with Crippen molar-refractivity contribution in [3.8, 4) is 17.1 Å². The van der Waals surface area contributed by atoms with Gasteiger partial charge in [-0.3, -0.25) is 4.79 Å². The molecule has 0 saturated heterocycles. The highest BCUT2D eigenvalue weighted by atomic mass is 32.1. The molecule has 7 heteroatoms. The second-order valence-electron chi connectivity index (χ2n) is 5.87. The van der Waals surface area contributed by atoms with Gasteiger partial charge in [-0.05, 0) is 18.6 Å². The van der Waals surface area contributed by atoms with Gasteiger partial charge in [-0.2, -0.15) is 9.36 Å². The molecule has 2 heterocycles. The Morgan fingerprint density at radius 2 is 1.92 bits per heavy atom. The molecule has 4 rings (SSSR count). The van der Waals surface area contributed by atoms with Crippen LogP contribution in [-0.4, -0.2) is 35.0 Å². The largest absolute Gasteiger partial charge is 0.482 e. The van der Waals surface area contributed by atoms with Gasteiger partial charge in [0, 0.05) is 30.2 Å². The highest BCUT2D eigenvalue weighted by Gasteiger charge is 2.24. The summed E-state index contributed by atoms with van der Waals surface area (Å²) < 4.78 is 9.85. The molecule has 1 amide bonds. The first-order valence-electron chi connectivity index (χ1n) is 8.46. The molecule has 0 fully saturated rings. The molecule has 2 aromatic carbocycles. The molecule has 0 radical (unpaired) electrons. The topological polar surface area (TPSA) is 67.3 Å². The van der Waals surface area contributed by atoms with Gasteiger partial charge in [0.05, 0.1) is 5.69 Å². The molecule has 26 heavy (non-hydrogen) atoms. The zero-order valence-electron chi connectivity index (χ0n) is 14.1. The second kappa shape index (κ2) is 7.53. The molecule has 0 unspecified atom stereocenters. The van der Waals surface area contributed by atoms with Crippen molar-refractivity contribution >= 4 is 28.3 Å². The maximum absolute atomic E-state index is 12.1. The van der Waals surface area contributed by atoms with Gasteiger partial charge in [0.15, 0.2) is 12.4 Å².